The summed E-state index contributed by atoms with van der Waals surface area (Å²) >= 11 is 0. The third-order valence-corrected chi connectivity index (χ3v) is 13.3. The van der Waals surface area contributed by atoms with E-state index in [1.165, 1.54) is 7.11 Å². The number of hydrogen-bond donors (Lipinski definition) is 1. The molecule has 5 atom stereocenters. The van der Waals surface area contributed by atoms with E-state index in [0.717, 1.165) is 33.4 Å². The van der Waals surface area contributed by atoms with Crippen LogP contribution in [0.1, 0.15) is 93.7 Å². The smallest absolute Gasteiger partial charge is 0.337 e. The number of rotatable bonds is 29. The zero-order valence-electron chi connectivity index (χ0n) is 44.5. The van der Waals surface area contributed by atoms with E-state index >= 15 is 0 Å². The van der Waals surface area contributed by atoms with Crippen LogP contribution in [0.4, 0.5) is 0 Å². The minimum atomic E-state index is -1.84. The number of carboxylic acid groups (broad SMARTS) is 1. The number of hydrogen-bond acceptors (Lipinski definition) is 15. The van der Waals surface area contributed by atoms with E-state index < -0.39 is 54.6 Å². The van der Waals surface area contributed by atoms with Crippen LogP contribution >= 0.6 is 0 Å². The fourth-order valence-electron chi connectivity index (χ4n) is 8.88. The van der Waals surface area contributed by atoms with Crippen molar-refractivity contribution in [2.24, 2.45) is 0 Å². The fourth-order valence-corrected chi connectivity index (χ4v) is 8.88. The van der Waals surface area contributed by atoms with Crippen molar-refractivity contribution in [1.29, 1.82) is 15.8 Å². The van der Waals surface area contributed by atoms with Crippen molar-refractivity contribution in [3.63, 3.8) is 0 Å². The topological polar surface area (TPSA) is 234 Å². The van der Waals surface area contributed by atoms with Crippen LogP contribution in [0.25, 0.3) is 33.4 Å². The van der Waals surface area contributed by atoms with Crippen molar-refractivity contribution in [2.75, 3.05) is 26.9 Å². The van der Waals surface area contributed by atoms with E-state index in [4.69, 9.17) is 53.7 Å². The molecule has 16 nitrogen and oxygen atoms in total. The molecule has 0 bridgehead atoms. The van der Waals surface area contributed by atoms with Gasteiger partial charge in [-0.15, -0.1) is 0 Å². The summed E-state index contributed by atoms with van der Waals surface area (Å²) in [5, 5.41) is 37.6. The molecule has 0 aliphatic carbocycles. The molecule has 412 valence electrons. The quantitative estimate of drug-likeness (QED) is 0.0261. The molecule has 6 aromatic rings. The Morgan fingerprint density at radius 3 is 0.988 bits per heavy atom. The third kappa shape index (κ3) is 17.8. The maximum Gasteiger partial charge on any atom is 0.337 e. The molecular formula is C64H63N3O13. The van der Waals surface area contributed by atoms with Crippen molar-refractivity contribution in [2.45, 2.75) is 108 Å². The average molecular weight is 1080 g/mol. The van der Waals surface area contributed by atoms with Gasteiger partial charge in [-0.05, 0) is 164 Å². The SMILES string of the molecule is CO[C@H]1O[C@H](C(=O)O)[C@@H](OC(=O)CCCCCOc2ccc(-c3ccc(C#N)cc3)cc2)[C@H](OC(=O)CCCCCOc2ccc(-c3ccc(C#N)cc3)cc2)[C@H]1OC(=O)CCCCCOc1ccc(-c2ccc(C#N)cc2)cc1. The highest BCUT2D eigenvalue weighted by atomic mass is 16.7. The first kappa shape index (κ1) is 58.7. The largest absolute Gasteiger partial charge is 0.494 e. The molecule has 0 unspecified atom stereocenters. The number of carboxylic acids is 1. The molecule has 0 amide bonds. The number of carbonyl (C=O) groups is 4. The summed E-state index contributed by atoms with van der Waals surface area (Å²) in [4.78, 5) is 53.3. The molecular weight excluding hydrogens is 1020 g/mol. The van der Waals surface area contributed by atoms with E-state index in [9.17, 15) is 24.3 Å². The number of ether oxygens (including phenoxy) is 8. The van der Waals surface area contributed by atoms with Gasteiger partial charge in [-0.3, -0.25) is 14.4 Å². The Morgan fingerprint density at radius 2 is 0.700 bits per heavy atom. The summed E-state index contributed by atoms with van der Waals surface area (Å²) in [6.07, 6.45) is -3.59. The fraction of sp³-hybridized carbons (Fsp3) is 0.328. The second-order valence-electron chi connectivity index (χ2n) is 19.0. The van der Waals surface area contributed by atoms with Crippen LogP contribution in [-0.4, -0.2) is 86.6 Å². The predicted octanol–water partition coefficient (Wildman–Crippen LogP) is 11.7. The second-order valence-corrected chi connectivity index (χ2v) is 19.0. The van der Waals surface area contributed by atoms with Crippen molar-refractivity contribution in [1.82, 2.24) is 0 Å². The Hall–Kier alpha value is -9.01. The van der Waals surface area contributed by atoms with Crippen molar-refractivity contribution < 1.29 is 62.2 Å². The standard InChI is InChI=1S/C64H63N3O13/c1-73-64-62(79-58(70)13-7-4-10-40-76-55-36-30-52(31-37-55)49-24-18-46(43-67)19-25-49)60(78-57(69)12-6-3-9-39-75-54-34-28-51(29-35-54)48-22-16-45(42-66)17-23-48)59(61(80-64)63(71)72)77-56(68)11-5-2-8-38-74-53-32-26-50(27-33-53)47-20-14-44(41-65)15-21-47/h14-37,59-62,64H,2-13,38-40H2,1H3,(H,71,72)/t59-,60-,61-,62+,64-/m0/s1. The van der Waals surface area contributed by atoms with Gasteiger partial charge in [0.2, 0.25) is 0 Å². The van der Waals surface area contributed by atoms with Gasteiger partial charge in [-0.1, -0.05) is 72.8 Å². The summed E-state index contributed by atoms with van der Waals surface area (Å²) in [6, 6.07) is 51.0. The van der Waals surface area contributed by atoms with Crippen LogP contribution in [0.3, 0.4) is 0 Å². The van der Waals surface area contributed by atoms with Gasteiger partial charge in [-0.25, -0.2) is 4.79 Å². The van der Waals surface area contributed by atoms with Gasteiger partial charge in [0.1, 0.15) is 17.2 Å². The number of methoxy groups -OCH3 is 1. The van der Waals surface area contributed by atoms with Crippen LogP contribution < -0.4 is 14.2 Å². The summed E-state index contributed by atoms with van der Waals surface area (Å²) in [6.45, 7) is 1.14. The first-order valence-electron chi connectivity index (χ1n) is 26.7. The molecule has 1 saturated heterocycles. The summed E-state index contributed by atoms with van der Waals surface area (Å²) in [7, 11) is 1.23. The zero-order valence-corrected chi connectivity index (χ0v) is 44.5. The third-order valence-electron chi connectivity index (χ3n) is 13.3. The molecule has 0 radical (unpaired) electrons. The molecule has 1 fully saturated rings. The number of unbranched alkanes of at least 4 members (excludes halogenated alkanes) is 6. The maximum atomic E-state index is 13.6. The van der Waals surface area contributed by atoms with E-state index in [-0.39, 0.29) is 19.3 Å². The molecule has 16 heteroatoms. The highest BCUT2D eigenvalue weighted by molar-refractivity contribution is 5.76. The molecule has 0 aromatic heterocycles. The Labute approximate surface area is 465 Å². The molecule has 0 saturated carbocycles. The molecule has 1 heterocycles. The van der Waals surface area contributed by atoms with Gasteiger partial charge in [-0.2, -0.15) is 15.8 Å². The van der Waals surface area contributed by atoms with Crippen LogP contribution in [0.2, 0.25) is 0 Å². The zero-order chi connectivity index (χ0) is 56.5. The number of esters is 3. The molecule has 0 spiro atoms. The van der Waals surface area contributed by atoms with Crippen molar-refractivity contribution >= 4 is 23.9 Å². The van der Waals surface area contributed by atoms with Crippen LogP contribution in [0, 0.1) is 34.0 Å². The summed E-state index contributed by atoms with van der Waals surface area (Å²) in [5.41, 5.74) is 7.60. The minimum Gasteiger partial charge on any atom is -0.494 e. The van der Waals surface area contributed by atoms with Crippen LogP contribution in [0.5, 0.6) is 17.2 Å². The normalized spacial score (nSPS) is 16.4. The van der Waals surface area contributed by atoms with Gasteiger partial charge in [0, 0.05) is 26.4 Å². The molecule has 1 aliphatic rings. The van der Waals surface area contributed by atoms with Gasteiger partial charge < -0.3 is 43.0 Å². The first-order valence-corrected chi connectivity index (χ1v) is 26.7. The lowest BCUT2D eigenvalue weighted by Crippen LogP contribution is -2.63. The van der Waals surface area contributed by atoms with Crippen molar-refractivity contribution in [3.8, 4) is 68.8 Å². The van der Waals surface area contributed by atoms with Crippen LogP contribution in [-0.2, 0) is 42.9 Å². The second kappa shape index (κ2) is 30.8. The number of nitriles is 3. The molecule has 6 aromatic carbocycles. The molecule has 7 rings (SSSR count). The van der Waals surface area contributed by atoms with E-state index in [2.05, 4.69) is 18.2 Å². The Balaban J connectivity index is 0.901. The van der Waals surface area contributed by atoms with E-state index in [1.54, 1.807) is 36.4 Å². The van der Waals surface area contributed by atoms with Gasteiger partial charge in [0.05, 0.1) is 54.7 Å². The lowest BCUT2D eigenvalue weighted by Gasteiger charge is -2.42. The van der Waals surface area contributed by atoms with Crippen molar-refractivity contribution in [3.05, 3.63) is 162 Å². The molecule has 1 aliphatic heterocycles. The highest BCUT2D eigenvalue weighted by Gasteiger charge is 2.55. The van der Waals surface area contributed by atoms with Gasteiger partial charge in [0.15, 0.2) is 30.7 Å². The van der Waals surface area contributed by atoms with Gasteiger partial charge >= 0.3 is 23.9 Å². The minimum absolute atomic E-state index is 0.0450. The number of nitrogens with zero attached hydrogens (tertiary/aromatic N) is 3. The number of carbonyl (C=O) groups excluding carboxylic acids is 3. The molecule has 1 N–H and O–H groups in total. The van der Waals surface area contributed by atoms with E-state index in [0.29, 0.717) is 112 Å². The average Bonchev–Trinajstić information content (AvgIpc) is 3.50. The van der Waals surface area contributed by atoms with Gasteiger partial charge in [0.25, 0.3) is 0 Å². The van der Waals surface area contributed by atoms with Crippen LogP contribution in [0.15, 0.2) is 146 Å². The summed E-state index contributed by atoms with van der Waals surface area (Å²) < 4.78 is 46.6. The lowest BCUT2D eigenvalue weighted by molar-refractivity contribution is -0.296. The highest BCUT2D eigenvalue weighted by Crippen LogP contribution is 2.32. The lowest BCUT2D eigenvalue weighted by atomic mass is 9.97. The monoisotopic (exact) mass is 1080 g/mol. The summed E-state index contributed by atoms with van der Waals surface area (Å²) in [5.74, 6) is -1.67. The first-order chi connectivity index (χ1) is 39.0. The Bertz CT molecular complexity index is 3070. The van der Waals surface area contributed by atoms with E-state index in [1.807, 2.05) is 109 Å². The number of aliphatic carboxylic acids is 1. The Kier molecular flexibility index (Phi) is 22.6. The Morgan fingerprint density at radius 1 is 0.412 bits per heavy atom. The number of benzene rings is 6. The maximum absolute atomic E-state index is 13.6. The predicted molar refractivity (Wildman–Crippen MR) is 295 cm³/mol. The molecule has 80 heavy (non-hydrogen) atoms.